The van der Waals surface area contributed by atoms with Gasteiger partial charge in [0.1, 0.15) is 0 Å². The van der Waals surface area contributed by atoms with Crippen LogP contribution in [-0.4, -0.2) is 51.1 Å². The van der Waals surface area contributed by atoms with E-state index in [-0.39, 0.29) is 0 Å². The zero-order valence-corrected chi connectivity index (χ0v) is 12.1. The SMILES string of the molecule is CS(=O)(=O)N1CCN(c2c(N)cccc2C(N)=O)CC1. The van der Waals surface area contributed by atoms with Gasteiger partial charge < -0.3 is 16.4 Å². The van der Waals surface area contributed by atoms with E-state index in [4.69, 9.17) is 11.5 Å². The number of sulfonamides is 1. The number of benzene rings is 1. The third-order valence-corrected chi connectivity index (χ3v) is 4.66. The van der Waals surface area contributed by atoms with E-state index in [1.807, 2.05) is 4.90 Å². The van der Waals surface area contributed by atoms with Gasteiger partial charge in [-0.15, -0.1) is 0 Å². The van der Waals surface area contributed by atoms with Gasteiger partial charge in [-0.1, -0.05) is 6.07 Å². The molecule has 8 heteroatoms. The minimum Gasteiger partial charge on any atom is -0.397 e. The molecule has 0 radical (unpaired) electrons. The molecule has 1 saturated heterocycles. The van der Waals surface area contributed by atoms with Crippen LogP contribution in [0.15, 0.2) is 18.2 Å². The summed E-state index contributed by atoms with van der Waals surface area (Å²) in [5, 5.41) is 0. The van der Waals surface area contributed by atoms with Crippen LogP contribution in [0, 0.1) is 0 Å². The van der Waals surface area contributed by atoms with E-state index in [1.54, 1.807) is 18.2 Å². The Hall–Kier alpha value is -1.80. The van der Waals surface area contributed by atoms with Gasteiger partial charge in [0.05, 0.1) is 23.2 Å². The Morgan fingerprint density at radius 3 is 2.30 bits per heavy atom. The highest BCUT2D eigenvalue weighted by Crippen LogP contribution is 2.28. The molecule has 0 atom stereocenters. The lowest BCUT2D eigenvalue weighted by Gasteiger charge is -2.36. The molecule has 1 aromatic carbocycles. The average Bonchev–Trinajstić information content (AvgIpc) is 2.37. The third kappa shape index (κ3) is 2.86. The van der Waals surface area contributed by atoms with Gasteiger partial charge in [0, 0.05) is 26.2 Å². The number of rotatable bonds is 3. The fourth-order valence-corrected chi connectivity index (χ4v) is 3.18. The first-order chi connectivity index (χ1) is 9.30. The summed E-state index contributed by atoms with van der Waals surface area (Å²) >= 11 is 0. The van der Waals surface area contributed by atoms with E-state index < -0.39 is 15.9 Å². The van der Waals surface area contributed by atoms with Gasteiger partial charge in [-0.2, -0.15) is 4.31 Å². The molecule has 2 rings (SSSR count). The summed E-state index contributed by atoms with van der Waals surface area (Å²) in [7, 11) is -3.18. The number of nitrogens with two attached hydrogens (primary N) is 2. The Labute approximate surface area is 118 Å². The number of para-hydroxylation sites is 1. The second kappa shape index (κ2) is 5.29. The predicted molar refractivity (Wildman–Crippen MR) is 78.0 cm³/mol. The number of hydrogen-bond acceptors (Lipinski definition) is 5. The molecule has 1 aliphatic rings. The Morgan fingerprint density at radius 2 is 1.80 bits per heavy atom. The van der Waals surface area contributed by atoms with E-state index in [9.17, 15) is 13.2 Å². The molecule has 110 valence electrons. The van der Waals surface area contributed by atoms with Gasteiger partial charge in [-0.3, -0.25) is 4.79 Å². The summed E-state index contributed by atoms with van der Waals surface area (Å²) in [6, 6.07) is 4.99. The van der Waals surface area contributed by atoms with Crippen molar-refractivity contribution in [1.82, 2.24) is 4.31 Å². The van der Waals surface area contributed by atoms with Crippen molar-refractivity contribution in [2.45, 2.75) is 0 Å². The first kappa shape index (κ1) is 14.6. The number of hydrogen-bond donors (Lipinski definition) is 2. The second-order valence-corrected chi connectivity index (χ2v) is 6.74. The van der Waals surface area contributed by atoms with Crippen LogP contribution >= 0.6 is 0 Å². The molecule has 0 aliphatic carbocycles. The number of anilines is 2. The first-order valence-corrected chi connectivity index (χ1v) is 8.04. The molecule has 1 heterocycles. The maximum Gasteiger partial charge on any atom is 0.250 e. The minimum absolute atomic E-state index is 0.359. The van der Waals surface area contributed by atoms with Crippen LogP contribution in [0.5, 0.6) is 0 Å². The number of carbonyl (C=O) groups is 1. The average molecular weight is 298 g/mol. The monoisotopic (exact) mass is 298 g/mol. The summed E-state index contributed by atoms with van der Waals surface area (Å²) in [6.45, 7) is 1.68. The van der Waals surface area contributed by atoms with Gasteiger partial charge in [0.2, 0.25) is 10.0 Å². The quantitative estimate of drug-likeness (QED) is 0.728. The molecule has 1 aromatic rings. The maximum atomic E-state index is 11.5. The lowest BCUT2D eigenvalue weighted by atomic mass is 10.1. The smallest absolute Gasteiger partial charge is 0.250 e. The van der Waals surface area contributed by atoms with Gasteiger partial charge in [0.15, 0.2) is 0 Å². The molecule has 0 bridgehead atoms. The van der Waals surface area contributed by atoms with Crippen molar-refractivity contribution in [3.63, 3.8) is 0 Å². The van der Waals surface area contributed by atoms with E-state index in [1.165, 1.54) is 10.6 Å². The molecule has 0 saturated carbocycles. The highest BCUT2D eigenvalue weighted by atomic mass is 32.2. The van der Waals surface area contributed by atoms with E-state index in [2.05, 4.69) is 0 Å². The fraction of sp³-hybridized carbons (Fsp3) is 0.417. The van der Waals surface area contributed by atoms with E-state index in [0.29, 0.717) is 43.1 Å². The van der Waals surface area contributed by atoms with E-state index in [0.717, 1.165) is 0 Å². The van der Waals surface area contributed by atoms with Crippen molar-refractivity contribution in [2.24, 2.45) is 5.73 Å². The second-order valence-electron chi connectivity index (χ2n) is 4.76. The zero-order chi connectivity index (χ0) is 14.9. The number of primary amides is 1. The standard InChI is InChI=1S/C12H18N4O3S/c1-20(18,19)16-7-5-15(6-8-16)11-9(12(14)17)3-2-4-10(11)13/h2-4H,5-8,13H2,1H3,(H2,14,17). The lowest BCUT2D eigenvalue weighted by Crippen LogP contribution is -2.49. The Kier molecular flexibility index (Phi) is 3.87. The highest BCUT2D eigenvalue weighted by Gasteiger charge is 2.26. The third-order valence-electron chi connectivity index (χ3n) is 3.36. The van der Waals surface area contributed by atoms with Gasteiger partial charge in [-0.25, -0.2) is 8.42 Å². The summed E-state index contributed by atoms with van der Waals surface area (Å²) in [5.74, 6) is -0.544. The zero-order valence-electron chi connectivity index (χ0n) is 11.2. The minimum atomic E-state index is -3.18. The summed E-state index contributed by atoms with van der Waals surface area (Å²) in [6.07, 6.45) is 1.19. The molecule has 4 N–H and O–H groups in total. The van der Waals surface area contributed by atoms with Crippen molar-refractivity contribution in [3.8, 4) is 0 Å². The number of amides is 1. The molecule has 7 nitrogen and oxygen atoms in total. The van der Waals surface area contributed by atoms with Crippen LogP contribution in [0.3, 0.4) is 0 Å². The fourth-order valence-electron chi connectivity index (χ4n) is 2.36. The first-order valence-electron chi connectivity index (χ1n) is 6.19. The van der Waals surface area contributed by atoms with Gasteiger partial charge in [-0.05, 0) is 12.1 Å². The number of nitrogen functional groups attached to an aromatic ring is 1. The highest BCUT2D eigenvalue weighted by molar-refractivity contribution is 7.88. The Bertz CT molecular complexity index is 622. The molecular weight excluding hydrogens is 280 g/mol. The van der Waals surface area contributed by atoms with Crippen molar-refractivity contribution in [2.75, 3.05) is 43.1 Å². The molecule has 0 aromatic heterocycles. The van der Waals surface area contributed by atoms with Crippen LogP contribution in [0.25, 0.3) is 0 Å². The van der Waals surface area contributed by atoms with Gasteiger partial charge >= 0.3 is 0 Å². The molecule has 1 fully saturated rings. The van der Waals surface area contributed by atoms with Crippen molar-refractivity contribution >= 4 is 27.3 Å². The Balaban J connectivity index is 2.25. The van der Waals surface area contributed by atoms with Crippen molar-refractivity contribution < 1.29 is 13.2 Å². The molecular formula is C12H18N4O3S. The summed E-state index contributed by atoms with van der Waals surface area (Å²) in [4.78, 5) is 13.4. The van der Waals surface area contributed by atoms with Crippen molar-refractivity contribution in [3.05, 3.63) is 23.8 Å². The van der Waals surface area contributed by atoms with Crippen LogP contribution in [-0.2, 0) is 10.0 Å². The summed E-state index contributed by atoms with van der Waals surface area (Å²) < 4.78 is 24.4. The van der Waals surface area contributed by atoms with Crippen LogP contribution in [0.4, 0.5) is 11.4 Å². The maximum absolute atomic E-state index is 11.5. The lowest BCUT2D eigenvalue weighted by molar-refractivity contribution is 0.100. The van der Waals surface area contributed by atoms with Crippen LogP contribution in [0.2, 0.25) is 0 Å². The molecule has 1 amide bonds. The molecule has 1 aliphatic heterocycles. The molecule has 0 unspecified atom stereocenters. The van der Waals surface area contributed by atoms with Crippen LogP contribution < -0.4 is 16.4 Å². The van der Waals surface area contributed by atoms with Gasteiger partial charge in [0.25, 0.3) is 5.91 Å². The normalized spacial score (nSPS) is 17.1. The number of piperazine rings is 1. The largest absolute Gasteiger partial charge is 0.397 e. The Morgan fingerprint density at radius 1 is 1.20 bits per heavy atom. The number of nitrogens with zero attached hydrogens (tertiary/aromatic N) is 2. The molecule has 0 spiro atoms. The van der Waals surface area contributed by atoms with Crippen LogP contribution in [0.1, 0.15) is 10.4 Å². The number of carbonyl (C=O) groups excluding carboxylic acids is 1. The predicted octanol–water partition coefficient (Wildman–Crippen LogP) is -0.551. The molecule has 20 heavy (non-hydrogen) atoms. The van der Waals surface area contributed by atoms with Crippen molar-refractivity contribution in [1.29, 1.82) is 0 Å². The summed E-state index contributed by atoms with van der Waals surface area (Å²) in [5.41, 5.74) is 12.7. The topological polar surface area (TPSA) is 110 Å². The van der Waals surface area contributed by atoms with E-state index >= 15 is 0 Å².